The maximum atomic E-state index is 11.8. The second-order valence-corrected chi connectivity index (χ2v) is 4.35. The van der Waals surface area contributed by atoms with Gasteiger partial charge in [0.15, 0.2) is 0 Å². The van der Waals surface area contributed by atoms with Crippen LogP contribution in [0.5, 0.6) is 0 Å². The van der Waals surface area contributed by atoms with Gasteiger partial charge in [0, 0.05) is 12.1 Å². The third kappa shape index (κ3) is 4.04. The monoisotopic (exact) mass is 252 g/mol. The van der Waals surface area contributed by atoms with E-state index in [1.165, 1.54) is 18.2 Å². The molecular weight excluding hydrogens is 236 g/mol. The van der Waals surface area contributed by atoms with Crippen LogP contribution < -0.4 is 10.9 Å². The third-order valence-electron chi connectivity index (χ3n) is 2.53. The van der Waals surface area contributed by atoms with E-state index in [1.807, 2.05) is 13.8 Å². The molecule has 1 rings (SSSR count). The minimum absolute atomic E-state index is 0.0134. The van der Waals surface area contributed by atoms with Crippen molar-refractivity contribution in [3.05, 3.63) is 34.2 Å². The normalized spacial score (nSPS) is 12.2. The molecule has 0 aliphatic rings. The van der Waals surface area contributed by atoms with Gasteiger partial charge < -0.3 is 15.4 Å². The number of aromatic amines is 1. The topological polar surface area (TPSA) is 99.3 Å². The number of pyridine rings is 1. The summed E-state index contributed by atoms with van der Waals surface area (Å²) in [4.78, 5) is 35.9. The molecule has 98 valence electrons. The Kier molecular flexibility index (Phi) is 4.65. The molecule has 1 amide bonds. The van der Waals surface area contributed by atoms with Gasteiger partial charge >= 0.3 is 5.97 Å². The van der Waals surface area contributed by atoms with Gasteiger partial charge in [-0.25, -0.2) is 0 Å². The first kappa shape index (κ1) is 14.0. The molecule has 0 aromatic carbocycles. The summed E-state index contributed by atoms with van der Waals surface area (Å²) in [6.07, 6.45) is -0.152. The van der Waals surface area contributed by atoms with Crippen LogP contribution in [-0.4, -0.2) is 28.0 Å². The minimum atomic E-state index is -0.976. The van der Waals surface area contributed by atoms with Crippen LogP contribution in [0.2, 0.25) is 0 Å². The fraction of sp³-hybridized carbons (Fsp3) is 0.417. The molecule has 1 unspecified atom stereocenters. The van der Waals surface area contributed by atoms with Crippen LogP contribution >= 0.6 is 0 Å². The summed E-state index contributed by atoms with van der Waals surface area (Å²) >= 11 is 0. The smallest absolute Gasteiger partial charge is 0.305 e. The number of rotatable bonds is 5. The maximum Gasteiger partial charge on any atom is 0.305 e. The van der Waals surface area contributed by atoms with Gasteiger partial charge in [0.25, 0.3) is 5.91 Å². The van der Waals surface area contributed by atoms with Gasteiger partial charge in [-0.2, -0.15) is 0 Å². The SMILES string of the molecule is CC(C)C(CC(=O)O)NC(=O)c1cccc(=O)[nH]1. The highest BCUT2D eigenvalue weighted by Crippen LogP contribution is 2.07. The molecule has 0 bridgehead atoms. The van der Waals surface area contributed by atoms with E-state index in [0.717, 1.165) is 0 Å². The van der Waals surface area contributed by atoms with E-state index in [4.69, 9.17) is 5.11 Å². The number of hydrogen-bond donors (Lipinski definition) is 3. The molecule has 0 aliphatic carbocycles. The van der Waals surface area contributed by atoms with E-state index < -0.39 is 17.9 Å². The summed E-state index contributed by atoms with van der Waals surface area (Å²) in [7, 11) is 0. The van der Waals surface area contributed by atoms with Crippen molar-refractivity contribution in [3.63, 3.8) is 0 Å². The highest BCUT2D eigenvalue weighted by Gasteiger charge is 2.20. The molecule has 6 heteroatoms. The molecule has 0 saturated heterocycles. The van der Waals surface area contributed by atoms with Crippen LogP contribution in [-0.2, 0) is 4.79 Å². The molecule has 0 saturated carbocycles. The van der Waals surface area contributed by atoms with Crippen molar-refractivity contribution < 1.29 is 14.7 Å². The first-order chi connectivity index (χ1) is 8.40. The van der Waals surface area contributed by atoms with Crippen molar-refractivity contribution >= 4 is 11.9 Å². The molecule has 1 aromatic heterocycles. The number of carboxylic acids is 1. The fourth-order valence-corrected chi connectivity index (χ4v) is 1.47. The number of aromatic nitrogens is 1. The molecule has 1 heterocycles. The van der Waals surface area contributed by atoms with Crippen LogP contribution in [0.25, 0.3) is 0 Å². The Hall–Kier alpha value is -2.11. The number of hydrogen-bond acceptors (Lipinski definition) is 3. The molecule has 18 heavy (non-hydrogen) atoms. The lowest BCUT2D eigenvalue weighted by atomic mass is 10.0. The van der Waals surface area contributed by atoms with Crippen molar-refractivity contribution in [2.24, 2.45) is 5.92 Å². The Labute approximate surface area is 104 Å². The number of H-pyrrole nitrogens is 1. The maximum absolute atomic E-state index is 11.8. The number of carbonyl (C=O) groups excluding carboxylic acids is 1. The summed E-state index contributed by atoms with van der Waals surface area (Å²) in [5.41, 5.74) is -0.250. The van der Waals surface area contributed by atoms with E-state index >= 15 is 0 Å². The standard InChI is InChI=1S/C12H16N2O4/c1-7(2)9(6-11(16)17)14-12(18)8-4-3-5-10(15)13-8/h3-5,7,9H,6H2,1-2H3,(H,13,15)(H,14,18)(H,16,17). The van der Waals surface area contributed by atoms with Gasteiger partial charge in [0.1, 0.15) is 5.69 Å². The number of carboxylic acid groups (broad SMARTS) is 1. The van der Waals surface area contributed by atoms with E-state index in [2.05, 4.69) is 10.3 Å². The molecule has 0 spiro atoms. The Morgan fingerprint density at radius 2 is 2.06 bits per heavy atom. The molecule has 1 atom stereocenters. The highest BCUT2D eigenvalue weighted by atomic mass is 16.4. The van der Waals surface area contributed by atoms with Gasteiger partial charge in [-0.05, 0) is 12.0 Å². The van der Waals surface area contributed by atoms with Crippen molar-refractivity contribution in [2.45, 2.75) is 26.3 Å². The lowest BCUT2D eigenvalue weighted by Gasteiger charge is -2.20. The van der Waals surface area contributed by atoms with Crippen molar-refractivity contribution in [3.8, 4) is 0 Å². The average molecular weight is 252 g/mol. The average Bonchev–Trinajstić information content (AvgIpc) is 2.27. The second kappa shape index (κ2) is 6.00. The molecule has 0 fully saturated rings. The van der Waals surface area contributed by atoms with Crippen molar-refractivity contribution in [2.75, 3.05) is 0 Å². The fourth-order valence-electron chi connectivity index (χ4n) is 1.47. The summed E-state index contributed by atoms with van der Waals surface area (Å²) < 4.78 is 0. The van der Waals surface area contributed by atoms with Crippen LogP contribution in [0, 0.1) is 5.92 Å². The highest BCUT2D eigenvalue weighted by molar-refractivity contribution is 5.92. The predicted molar refractivity (Wildman–Crippen MR) is 65.4 cm³/mol. The Morgan fingerprint density at radius 1 is 1.39 bits per heavy atom. The molecule has 0 radical (unpaired) electrons. The summed E-state index contributed by atoms with van der Waals surface area (Å²) in [6.45, 7) is 3.64. The zero-order chi connectivity index (χ0) is 13.7. The lowest BCUT2D eigenvalue weighted by Crippen LogP contribution is -2.40. The minimum Gasteiger partial charge on any atom is -0.481 e. The number of amides is 1. The van der Waals surface area contributed by atoms with E-state index in [9.17, 15) is 14.4 Å². The quantitative estimate of drug-likeness (QED) is 0.714. The Bertz CT molecular complexity index is 493. The number of aliphatic carboxylic acids is 1. The summed E-state index contributed by atoms with van der Waals surface area (Å²) in [5.74, 6) is -1.47. The lowest BCUT2D eigenvalue weighted by molar-refractivity contribution is -0.137. The summed E-state index contributed by atoms with van der Waals surface area (Å²) in [5, 5.41) is 11.4. The van der Waals surface area contributed by atoms with Crippen LogP contribution in [0.1, 0.15) is 30.8 Å². The molecular formula is C12H16N2O4. The first-order valence-electron chi connectivity index (χ1n) is 5.62. The Morgan fingerprint density at radius 3 is 2.56 bits per heavy atom. The molecule has 0 aliphatic heterocycles. The largest absolute Gasteiger partial charge is 0.481 e. The van der Waals surface area contributed by atoms with E-state index in [-0.39, 0.29) is 23.6 Å². The van der Waals surface area contributed by atoms with Crippen LogP contribution in [0.4, 0.5) is 0 Å². The van der Waals surface area contributed by atoms with Crippen LogP contribution in [0.3, 0.4) is 0 Å². The van der Waals surface area contributed by atoms with Crippen molar-refractivity contribution in [1.29, 1.82) is 0 Å². The number of nitrogens with one attached hydrogen (secondary N) is 2. The van der Waals surface area contributed by atoms with Gasteiger partial charge in [-0.1, -0.05) is 19.9 Å². The number of carbonyl (C=O) groups is 2. The first-order valence-corrected chi connectivity index (χ1v) is 5.62. The van der Waals surface area contributed by atoms with Gasteiger partial charge in [-0.3, -0.25) is 14.4 Å². The van der Waals surface area contributed by atoms with E-state index in [0.29, 0.717) is 0 Å². The van der Waals surface area contributed by atoms with Gasteiger partial charge in [-0.15, -0.1) is 0 Å². The zero-order valence-corrected chi connectivity index (χ0v) is 10.3. The Balaban J connectivity index is 2.78. The molecule has 3 N–H and O–H groups in total. The van der Waals surface area contributed by atoms with Crippen LogP contribution in [0.15, 0.2) is 23.0 Å². The van der Waals surface area contributed by atoms with Gasteiger partial charge in [0.05, 0.1) is 6.42 Å². The second-order valence-electron chi connectivity index (χ2n) is 4.35. The third-order valence-corrected chi connectivity index (χ3v) is 2.53. The summed E-state index contributed by atoms with van der Waals surface area (Å²) in [6, 6.07) is 3.76. The molecule has 6 nitrogen and oxygen atoms in total. The zero-order valence-electron chi connectivity index (χ0n) is 10.3. The predicted octanol–water partition coefficient (Wildman–Crippen LogP) is 0.604. The van der Waals surface area contributed by atoms with Gasteiger partial charge in [0.2, 0.25) is 5.56 Å². The van der Waals surface area contributed by atoms with Crippen molar-refractivity contribution in [1.82, 2.24) is 10.3 Å². The van der Waals surface area contributed by atoms with E-state index in [1.54, 1.807) is 0 Å². The molecule has 1 aromatic rings.